The summed E-state index contributed by atoms with van der Waals surface area (Å²) in [5.41, 5.74) is 3.41. The largest absolute Gasteiger partial charge is 0.379 e. The van der Waals surface area contributed by atoms with Crippen LogP contribution in [0, 0.1) is 0 Å². The lowest BCUT2D eigenvalue weighted by molar-refractivity contribution is -0.122. The normalized spacial score (nSPS) is 14.1. The van der Waals surface area contributed by atoms with E-state index < -0.39 is 21.9 Å². The third-order valence-corrected chi connectivity index (χ3v) is 7.83. The zero-order valence-corrected chi connectivity index (χ0v) is 20.7. The Bertz CT molecular complexity index is 1900. The minimum Gasteiger partial charge on any atom is -0.379 e. The van der Waals surface area contributed by atoms with Crippen molar-refractivity contribution in [2.24, 2.45) is 14.1 Å². The number of fused-ring (bicyclic) bond motifs is 2. The average molecular weight is 512 g/mol. The molecule has 0 saturated carbocycles. The number of nitrogens with zero attached hydrogens (tertiary/aromatic N) is 2. The Balaban J connectivity index is 1.50. The van der Waals surface area contributed by atoms with Gasteiger partial charge < -0.3 is 13.3 Å². The van der Waals surface area contributed by atoms with E-state index in [0.29, 0.717) is 27.6 Å². The van der Waals surface area contributed by atoms with Crippen molar-refractivity contribution < 1.29 is 22.2 Å². The third kappa shape index (κ3) is 3.63. The van der Waals surface area contributed by atoms with Gasteiger partial charge in [-0.3, -0.25) is 14.9 Å². The Labute approximate surface area is 212 Å². The minimum atomic E-state index is -4.01. The third-order valence-electron chi connectivity index (χ3n) is 6.57. The zero-order chi connectivity index (χ0) is 25.9. The summed E-state index contributed by atoms with van der Waals surface area (Å²) >= 11 is 0. The van der Waals surface area contributed by atoms with Crippen LogP contribution in [0.3, 0.4) is 0 Å². The van der Waals surface area contributed by atoms with Gasteiger partial charge in [0.15, 0.2) is 0 Å². The van der Waals surface area contributed by atoms with Gasteiger partial charge in [-0.25, -0.2) is 0 Å². The summed E-state index contributed by atoms with van der Waals surface area (Å²) < 4.78 is 34.5. The second-order valence-corrected chi connectivity index (χ2v) is 10.4. The molecule has 1 aliphatic rings. The molecule has 0 atom stereocenters. The Kier molecular flexibility index (Phi) is 5.06. The summed E-state index contributed by atoms with van der Waals surface area (Å²) in [6.07, 6.45) is 3.61. The number of para-hydroxylation sites is 1. The Morgan fingerprint density at radius 3 is 1.95 bits per heavy atom. The highest BCUT2D eigenvalue weighted by Gasteiger charge is 2.35. The number of aryl methyl sites for hydroxylation is 2. The number of carbonyl (C=O) groups is 2. The fourth-order valence-corrected chi connectivity index (χ4v) is 5.83. The first kappa shape index (κ1) is 22.8. The predicted octanol–water partition coefficient (Wildman–Crippen LogP) is 4.00. The highest BCUT2D eigenvalue weighted by molar-refractivity contribution is 7.87. The maximum atomic E-state index is 13.1. The quantitative estimate of drug-likeness (QED) is 0.284. The van der Waals surface area contributed by atoms with E-state index in [4.69, 9.17) is 4.18 Å². The summed E-state index contributed by atoms with van der Waals surface area (Å²) in [6, 6.07) is 20.4. The first-order chi connectivity index (χ1) is 17.7. The number of hydrogen-bond acceptors (Lipinski definition) is 5. The van der Waals surface area contributed by atoms with Crippen LogP contribution in [0.25, 0.3) is 33.0 Å². The van der Waals surface area contributed by atoms with E-state index in [1.165, 1.54) is 12.1 Å². The molecule has 2 aromatic heterocycles. The second kappa shape index (κ2) is 8.21. The molecule has 3 heterocycles. The number of nitrogens with one attached hydrogen (secondary N) is 1. The molecule has 0 bridgehead atoms. The molecule has 0 spiro atoms. The lowest BCUT2D eigenvalue weighted by atomic mass is 9.95. The van der Waals surface area contributed by atoms with Crippen molar-refractivity contribution in [3.05, 3.63) is 96.3 Å². The fourth-order valence-electron chi connectivity index (χ4n) is 4.89. The van der Waals surface area contributed by atoms with Crippen molar-refractivity contribution in [3.8, 4) is 5.75 Å². The molecule has 0 saturated heterocycles. The van der Waals surface area contributed by atoms with Gasteiger partial charge in [0, 0.05) is 60.0 Å². The number of imide groups is 1. The highest BCUT2D eigenvalue weighted by atomic mass is 32.2. The molecule has 2 amide bonds. The first-order valence-corrected chi connectivity index (χ1v) is 12.9. The summed E-state index contributed by atoms with van der Waals surface area (Å²) in [5.74, 6) is -0.797. The van der Waals surface area contributed by atoms with Gasteiger partial charge >= 0.3 is 10.1 Å². The molecule has 184 valence electrons. The van der Waals surface area contributed by atoms with Gasteiger partial charge in [-0.15, -0.1) is 0 Å². The smallest absolute Gasteiger partial charge is 0.339 e. The average Bonchev–Trinajstić information content (AvgIpc) is 3.49. The lowest BCUT2D eigenvalue weighted by Gasteiger charge is -2.08. The molecular weight excluding hydrogens is 490 g/mol. The Morgan fingerprint density at radius 1 is 0.703 bits per heavy atom. The number of amides is 2. The number of aromatic nitrogens is 2. The van der Waals surface area contributed by atoms with Crippen LogP contribution >= 0.6 is 0 Å². The van der Waals surface area contributed by atoms with Gasteiger partial charge in [0.2, 0.25) is 0 Å². The van der Waals surface area contributed by atoms with Crippen LogP contribution in [0.4, 0.5) is 0 Å². The van der Waals surface area contributed by atoms with Crippen LogP contribution in [0.1, 0.15) is 11.1 Å². The van der Waals surface area contributed by atoms with Crippen LogP contribution in [0.15, 0.2) is 90.1 Å². The van der Waals surface area contributed by atoms with Crippen LogP contribution < -0.4 is 9.50 Å². The molecule has 9 heteroatoms. The number of hydrogen-bond donors (Lipinski definition) is 1. The van der Waals surface area contributed by atoms with Gasteiger partial charge in [-0.1, -0.05) is 36.4 Å². The van der Waals surface area contributed by atoms with Crippen LogP contribution in [0.2, 0.25) is 0 Å². The highest BCUT2D eigenvalue weighted by Crippen LogP contribution is 2.39. The zero-order valence-electron chi connectivity index (χ0n) is 19.9. The molecule has 5 aromatic rings. The molecule has 0 aliphatic carbocycles. The molecule has 1 N–H and O–H groups in total. The Hall–Kier alpha value is -4.63. The van der Waals surface area contributed by atoms with Crippen molar-refractivity contribution in [2.75, 3.05) is 0 Å². The van der Waals surface area contributed by atoms with E-state index in [1.807, 2.05) is 42.1 Å². The number of rotatable bonds is 5. The molecule has 8 nitrogen and oxygen atoms in total. The molecule has 0 fully saturated rings. The molecule has 0 radical (unpaired) electrons. The van der Waals surface area contributed by atoms with Gasteiger partial charge in [0.1, 0.15) is 10.6 Å². The number of carbonyl (C=O) groups excluding carboxylic acids is 2. The van der Waals surface area contributed by atoms with E-state index >= 15 is 0 Å². The van der Waals surface area contributed by atoms with Gasteiger partial charge in [0.25, 0.3) is 11.8 Å². The summed E-state index contributed by atoms with van der Waals surface area (Å²) in [7, 11) is -0.334. The Morgan fingerprint density at radius 2 is 1.27 bits per heavy atom. The maximum Gasteiger partial charge on any atom is 0.339 e. The van der Waals surface area contributed by atoms with Crippen LogP contribution in [-0.2, 0) is 33.8 Å². The van der Waals surface area contributed by atoms with Crippen LogP contribution in [-0.4, -0.2) is 29.4 Å². The van der Waals surface area contributed by atoms with Gasteiger partial charge in [0.05, 0.1) is 16.7 Å². The molecule has 3 aromatic carbocycles. The molecule has 0 unspecified atom stereocenters. The summed E-state index contributed by atoms with van der Waals surface area (Å²) in [6.45, 7) is 0. The summed E-state index contributed by atoms with van der Waals surface area (Å²) in [4.78, 5) is 26.1. The molecule has 37 heavy (non-hydrogen) atoms. The molecular formula is C28H21N3O5S. The lowest BCUT2D eigenvalue weighted by Crippen LogP contribution is -2.22. The monoisotopic (exact) mass is 511 g/mol. The SMILES string of the molecule is Cn1cc(C2=C(c3cn(C)c4cc(OS(=O)(=O)c5ccccc5)ccc34)C(=O)NC2=O)c2ccccc21. The maximum absolute atomic E-state index is 13.1. The van der Waals surface area contributed by atoms with Gasteiger partial charge in [-0.05, 0) is 30.3 Å². The van der Waals surface area contributed by atoms with Crippen molar-refractivity contribution in [1.82, 2.24) is 14.5 Å². The topological polar surface area (TPSA) is 99.4 Å². The van der Waals surface area contributed by atoms with E-state index in [-0.39, 0.29) is 16.2 Å². The van der Waals surface area contributed by atoms with E-state index in [2.05, 4.69) is 5.32 Å². The fraction of sp³-hybridized carbons (Fsp3) is 0.0714. The van der Waals surface area contributed by atoms with E-state index in [1.54, 1.807) is 54.2 Å². The van der Waals surface area contributed by atoms with E-state index in [9.17, 15) is 18.0 Å². The molecule has 6 rings (SSSR count). The second-order valence-electron chi connectivity index (χ2n) is 8.89. The van der Waals surface area contributed by atoms with Crippen LogP contribution in [0.5, 0.6) is 5.75 Å². The van der Waals surface area contributed by atoms with Gasteiger partial charge in [-0.2, -0.15) is 8.42 Å². The minimum absolute atomic E-state index is 0.0497. The van der Waals surface area contributed by atoms with Crippen molar-refractivity contribution >= 4 is 54.9 Å². The van der Waals surface area contributed by atoms with E-state index in [0.717, 1.165) is 10.9 Å². The van der Waals surface area contributed by atoms with Crippen molar-refractivity contribution in [1.29, 1.82) is 0 Å². The van der Waals surface area contributed by atoms with Crippen molar-refractivity contribution in [2.45, 2.75) is 4.90 Å². The molecule has 1 aliphatic heterocycles. The predicted molar refractivity (Wildman–Crippen MR) is 140 cm³/mol. The van der Waals surface area contributed by atoms with Crippen molar-refractivity contribution in [3.63, 3.8) is 0 Å². The number of benzene rings is 3. The first-order valence-electron chi connectivity index (χ1n) is 11.5. The summed E-state index contributed by atoms with van der Waals surface area (Å²) in [5, 5.41) is 4.00. The standard InChI is InChI=1S/C28H21N3O5S/c1-30-15-21(19-10-6-7-11-23(19)30)25-26(28(33)29-27(25)32)22-16-31(2)24-14-17(12-13-20(22)24)36-37(34,35)18-8-4-3-5-9-18/h3-16H,1-2H3,(H,29,32,33).